The Morgan fingerprint density at radius 2 is 2.32 bits per heavy atom. The molecular formula is C14H19BrN2O2. The number of benzene rings is 1. The van der Waals surface area contributed by atoms with Crippen LogP contribution in [0, 0.1) is 5.92 Å². The highest BCUT2D eigenvalue weighted by atomic mass is 79.9. The number of methoxy groups -OCH3 is 1. The van der Waals surface area contributed by atoms with Crippen LogP contribution in [0.5, 0.6) is 5.75 Å². The molecule has 0 bridgehead atoms. The lowest BCUT2D eigenvalue weighted by Crippen LogP contribution is -2.29. The Balaban J connectivity index is 1.88. The highest BCUT2D eigenvalue weighted by Crippen LogP contribution is 2.26. The van der Waals surface area contributed by atoms with Crippen LogP contribution >= 0.6 is 15.9 Å². The van der Waals surface area contributed by atoms with Crippen molar-refractivity contribution in [3.8, 4) is 5.75 Å². The molecule has 3 N–H and O–H groups in total. The summed E-state index contributed by atoms with van der Waals surface area (Å²) in [7, 11) is 1.63. The third-order valence-electron chi connectivity index (χ3n) is 3.53. The number of rotatable bonds is 4. The lowest BCUT2D eigenvalue weighted by atomic mass is 10.1. The molecule has 1 aliphatic rings. The number of amides is 1. The molecular weight excluding hydrogens is 308 g/mol. The van der Waals surface area contributed by atoms with Gasteiger partial charge in [0.05, 0.1) is 11.6 Å². The number of nitrogens with two attached hydrogens (primary N) is 1. The molecule has 0 aliphatic heterocycles. The van der Waals surface area contributed by atoms with E-state index in [0.29, 0.717) is 6.54 Å². The van der Waals surface area contributed by atoms with E-state index in [4.69, 9.17) is 10.5 Å². The van der Waals surface area contributed by atoms with Gasteiger partial charge in [-0.2, -0.15) is 0 Å². The average Bonchev–Trinajstić information content (AvgIpc) is 2.83. The van der Waals surface area contributed by atoms with E-state index in [-0.39, 0.29) is 17.9 Å². The van der Waals surface area contributed by atoms with Gasteiger partial charge in [0.15, 0.2) is 0 Å². The summed E-state index contributed by atoms with van der Waals surface area (Å²) in [6.45, 7) is 0.535. The summed E-state index contributed by atoms with van der Waals surface area (Å²) >= 11 is 3.43. The predicted octanol–water partition coefficient (Wildman–Crippen LogP) is 2.20. The molecule has 1 aliphatic carbocycles. The third kappa shape index (κ3) is 3.70. The van der Waals surface area contributed by atoms with Crippen LogP contribution in [0.3, 0.4) is 0 Å². The Bertz CT molecular complexity index is 465. The highest BCUT2D eigenvalue weighted by molar-refractivity contribution is 9.10. The maximum absolute atomic E-state index is 12.0. The number of hydrogen-bond donors (Lipinski definition) is 2. The van der Waals surface area contributed by atoms with Gasteiger partial charge >= 0.3 is 0 Å². The Labute approximate surface area is 121 Å². The molecule has 1 fully saturated rings. The minimum atomic E-state index is 0.0803. The summed E-state index contributed by atoms with van der Waals surface area (Å²) in [5.41, 5.74) is 6.87. The van der Waals surface area contributed by atoms with Gasteiger partial charge in [0, 0.05) is 18.5 Å². The van der Waals surface area contributed by atoms with Gasteiger partial charge in [-0.05, 0) is 52.9 Å². The van der Waals surface area contributed by atoms with E-state index in [1.54, 1.807) is 7.11 Å². The average molecular weight is 327 g/mol. The Morgan fingerprint density at radius 1 is 1.53 bits per heavy atom. The van der Waals surface area contributed by atoms with Crippen molar-refractivity contribution in [1.29, 1.82) is 0 Å². The number of halogens is 1. The monoisotopic (exact) mass is 326 g/mol. The van der Waals surface area contributed by atoms with E-state index in [9.17, 15) is 4.79 Å². The number of hydrogen-bond acceptors (Lipinski definition) is 3. The molecule has 104 valence electrons. The normalized spacial score (nSPS) is 22.3. The molecule has 5 heteroatoms. The van der Waals surface area contributed by atoms with Crippen molar-refractivity contribution in [2.75, 3.05) is 7.11 Å². The summed E-state index contributed by atoms with van der Waals surface area (Å²) in [6.07, 6.45) is 2.66. The molecule has 2 rings (SSSR count). The first-order valence-corrected chi connectivity index (χ1v) is 7.25. The Morgan fingerprint density at radius 3 is 2.89 bits per heavy atom. The topological polar surface area (TPSA) is 64.3 Å². The first kappa shape index (κ1) is 14.3. The van der Waals surface area contributed by atoms with Gasteiger partial charge in [-0.1, -0.05) is 6.07 Å². The molecule has 4 nitrogen and oxygen atoms in total. The SMILES string of the molecule is COc1ccc(CNC(=O)C2CCC(N)C2)cc1Br. The molecule has 2 atom stereocenters. The summed E-state index contributed by atoms with van der Waals surface area (Å²) in [5, 5.41) is 2.97. The fourth-order valence-corrected chi connectivity index (χ4v) is 3.00. The van der Waals surface area contributed by atoms with Crippen molar-refractivity contribution in [2.24, 2.45) is 11.7 Å². The molecule has 0 radical (unpaired) electrons. The first-order chi connectivity index (χ1) is 9.10. The number of nitrogens with one attached hydrogen (secondary N) is 1. The lowest BCUT2D eigenvalue weighted by Gasteiger charge is -2.11. The second-order valence-corrected chi connectivity index (χ2v) is 5.81. The van der Waals surface area contributed by atoms with E-state index in [1.165, 1.54) is 0 Å². The number of carbonyl (C=O) groups excluding carboxylic acids is 1. The van der Waals surface area contributed by atoms with Gasteiger partial charge in [-0.25, -0.2) is 0 Å². The molecule has 0 saturated heterocycles. The molecule has 1 amide bonds. The summed E-state index contributed by atoms with van der Waals surface area (Å²) in [4.78, 5) is 12.0. The molecule has 1 aromatic rings. The zero-order chi connectivity index (χ0) is 13.8. The maximum Gasteiger partial charge on any atom is 0.223 e. The minimum absolute atomic E-state index is 0.0803. The van der Waals surface area contributed by atoms with Gasteiger partial charge in [0.1, 0.15) is 5.75 Å². The van der Waals surface area contributed by atoms with Crippen molar-refractivity contribution in [3.05, 3.63) is 28.2 Å². The van der Waals surface area contributed by atoms with Crippen LogP contribution in [0.15, 0.2) is 22.7 Å². The summed E-state index contributed by atoms with van der Waals surface area (Å²) in [5.74, 6) is 0.980. The van der Waals surface area contributed by atoms with E-state index in [1.807, 2.05) is 18.2 Å². The van der Waals surface area contributed by atoms with Crippen LogP contribution in [0.1, 0.15) is 24.8 Å². The zero-order valence-electron chi connectivity index (χ0n) is 11.0. The second kappa shape index (κ2) is 6.39. The fourth-order valence-electron chi connectivity index (χ4n) is 2.41. The van der Waals surface area contributed by atoms with E-state index in [0.717, 1.165) is 35.0 Å². The molecule has 0 aromatic heterocycles. The second-order valence-electron chi connectivity index (χ2n) is 4.96. The first-order valence-electron chi connectivity index (χ1n) is 6.46. The lowest BCUT2D eigenvalue weighted by molar-refractivity contribution is -0.125. The highest BCUT2D eigenvalue weighted by Gasteiger charge is 2.27. The van der Waals surface area contributed by atoms with Crippen molar-refractivity contribution < 1.29 is 9.53 Å². The van der Waals surface area contributed by atoms with E-state index >= 15 is 0 Å². The minimum Gasteiger partial charge on any atom is -0.496 e. The molecule has 2 unspecified atom stereocenters. The zero-order valence-corrected chi connectivity index (χ0v) is 12.6. The van der Waals surface area contributed by atoms with Crippen LogP contribution in [0.4, 0.5) is 0 Å². The standard InChI is InChI=1S/C14H19BrN2O2/c1-19-13-5-2-9(6-12(13)15)8-17-14(18)10-3-4-11(16)7-10/h2,5-6,10-11H,3-4,7-8,16H2,1H3,(H,17,18). The third-order valence-corrected chi connectivity index (χ3v) is 4.15. The van der Waals surface area contributed by atoms with Crippen LogP contribution in [-0.4, -0.2) is 19.1 Å². The van der Waals surface area contributed by atoms with Gasteiger partial charge in [0.25, 0.3) is 0 Å². The van der Waals surface area contributed by atoms with Crippen LogP contribution in [0.25, 0.3) is 0 Å². The van der Waals surface area contributed by atoms with Gasteiger partial charge in [-0.3, -0.25) is 4.79 Å². The number of carbonyl (C=O) groups is 1. The maximum atomic E-state index is 12.0. The van der Waals surface area contributed by atoms with Crippen LogP contribution in [-0.2, 0) is 11.3 Å². The van der Waals surface area contributed by atoms with Crippen molar-refractivity contribution in [3.63, 3.8) is 0 Å². The summed E-state index contributed by atoms with van der Waals surface area (Å²) in [6, 6.07) is 5.98. The number of ether oxygens (including phenoxy) is 1. The van der Waals surface area contributed by atoms with Gasteiger partial charge in [-0.15, -0.1) is 0 Å². The summed E-state index contributed by atoms with van der Waals surface area (Å²) < 4.78 is 6.06. The van der Waals surface area contributed by atoms with Crippen LogP contribution in [0.2, 0.25) is 0 Å². The molecule has 0 heterocycles. The van der Waals surface area contributed by atoms with E-state index in [2.05, 4.69) is 21.2 Å². The van der Waals surface area contributed by atoms with Crippen LogP contribution < -0.4 is 15.8 Å². The quantitative estimate of drug-likeness (QED) is 0.891. The van der Waals surface area contributed by atoms with E-state index < -0.39 is 0 Å². The molecule has 19 heavy (non-hydrogen) atoms. The molecule has 1 aromatic carbocycles. The fraction of sp³-hybridized carbons (Fsp3) is 0.500. The van der Waals surface area contributed by atoms with Crippen molar-refractivity contribution >= 4 is 21.8 Å². The van der Waals surface area contributed by atoms with Crippen molar-refractivity contribution in [2.45, 2.75) is 31.8 Å². The van der Waals surface area contributed by atoms with Gasteiger partial charge < -0.3 is 15.8 Å². The smallest absolute Gasteiger partial charge is 0.223 e. The largest absolute Gasteiger partial charge is 0.496 e. The predicted molar refractivity (Wildman–Crippen MR) is 77.9 cm³/mol. The Kier molecular flexibility index (Phi) is 4.82. The Hall–Kier alpha value is -1.07. The molecule has 1 saturated carbocycles. The van der Waals surface area contributed by atoms with Gasteiger partial charge in [0.2, 0.25) is 5.91 Å². The van der Waals surface area contributed by atoms with Crippen molar-refractivity contribution in [1.82, 2.24) is 5.32 Å². The molecule has 0 spiro atoms.